The number of fused-ring (bicyclic) bond motifs is 1. The van der Waals surface area contributed by atoms with Gasteiger partial charge in [-0.25, -0.2) is 13.4 Å². The number of piperidine rings is 1. The highest BCUT2D eigenvalue weighted by Crippen LogP contribution is 2.34. The van der Waals surface area contributed by atoms with E-state index >= 15 is 0 Å². The highest BCUT2D eigenvalue weighted by atomic mass is 32.2. The number of aromatic nitrogens is 2. The second-order valence-corrected chi connectivity index (χ2v) is 9.95. The lowest BCUT2D eigenvalue weighted by Crippen LogP contribution is -2.39. The molecule has 2 heterocycles. The minimum Gasteiger partial charge on any atom is -0.496 e. The van der Waals surface area contributed by atoms with Crippen LogP contribution in [0.4, 0.5) is 13.2 Å². The third kappa shape index (κ3) is 4.21. The molecule has 1 aliphatic rings. The van der Waals surface area contributed by atoms with Gasteiger partial charge in [0.1, 0.15) is 5.75 Å². The normalized spacial score (nSPS) is 16.5. The van der Waals surface area contributed by atoms with Crippen LogP contribution in [0.15, 0.2) is 47.4 Å². The summed E-state index contributed by atoms with van der Waals surface area (Å²) in [6.45, 7) is 2.43. The number of imidazole rings is 1. The molecule has 0 unspecified atom stereocenters. The molecule has 0 bridgehead atoms. The zero-order chi connectivity index (χ0) is 23.1. The molecule has 4 rings (SSSR count). The minimum atomic E-state index is -4.56. The van der Waals surface area contributed by atoms with Crippen LogP contribution in [-0.4, -0.2) is 42.5 Å². The average Bonchev–Trinajstić information content (AvgIpc) is 3.13. The van der Waals surface area contributed by atoms with Crippen molar-refractivity contribution in [3.05, 3.63) is 53.9 Å². The van der Waals surface area contributed by atoms with Gasteiger partial charge in [0.2, 0.25) is 15.8 Å². The molecule has 172 valence electrons. The van der Waals surface area contributed by atoms with Crippen LogP contribution >= 0.6 is 0 Å². The maximum atomic E-state index is 13.6. The molecule has 2 aromatic carbocycles. The van der Waals surface area contributed by atoms with Crippen molar-refractivity contribution < 1.29 is 26.3 Å². The van der Waals surface area contributed by atoms with Gasteiger partial charge in [0.05, 0.1) is 23.0 Å². The van der Waals surface area contributed by atoms with Crippen LogP contribution < -0.4 is 4.74 Å². The van der Waals surface area contributed by atoms with Gasteiger partial charge in [0.15, 0.2) is 0 Å². The van der Waals surface area contributed by atoms with Gasteiger partial charge in [0, 0.05) is 19.6 Å². The van der Waals surface area contributed by atoms with Crippen molar-refractivity contribution in [3.8, 4) is 5.75 Å². The molecule has 1 saturated heterocycles. The molecule has 0 radical (unpaired) electrons. The van der Waals surface area contributed by atoms with Gasteiger partial charge in [-0.2, -0.15) is 17.5 Å². The second kappa shape index (κ2) is 8.40. The van der Waals surface area contributed by atoms with Crippen LogP contribution in [0.2, 0.25) is 0 Å². The molecule has 32 heavy (non-hydrogen) atoms. The number of methoxy groups -OCH3 is 1. The quantitative estimate of drug-likeness (QED) is 0.555. The Bertz CT molecular complexity index is 1230. The predicted molar refractivity (Wildman–Crippen MR) is 114 cm³/mol. The third-order valence-corrected chi connectivity index (χ3v) is 7.82. The van der Waals surface area contributed by atoms with Gasteiger partial charge < -0.3 is 9.30 Å². The van der Waals surface area contributed by atoms with E-state index in [1.165, 1.54) is 22.0 Å². The maximum absolute atomic E-state index is 13.6. The number of benzene rings is 2. The summed E-state index contributed by atoms with van der Waals surface area (Å²) < 4.78 is 74.6. The molecule has 0 spiro atoms. The molecular formula is C22H24F3N3O3S. The van der Waals surface area contributed by atoms with Crippen molar-refractivity contribution >= 4 is 21.1 Å². The molecule has 1 aromatic heterocycles. The van der Waals surface area contributed by atoms with Gasteiger partial charge >= 0.3 is 6.18 Å². The first kappa shape index (κ1) is 22.6. The second-order valence-electron chi connectivity index (χ2n) is 8.01. The fraction of sp³-hybridized carbons (Fsp3) is 0.409. The van der Waals surface area contributed by atoms with Crippen LogP contribution in [0.1, 0.15) is 24.2 Å². The molecule has 0 aliphatic carbocycles. The lowest BCUT2D eigenvalue weighted by molar-refractivity contribution is -0.147. The summed E-state index contributed by atoms with van der Waals surface area (Å²) in [7, 11) is -2.16. The summed E-state index contributed by atoms with van der Waals surface area (Å²) in [6, 6.07) is 11.2. The SMILES string of the molecule is COc1ccc(S(=O)(=O)N2CCC(Cn3c(C(F)(F)F)nc4ccccc43)CC2)cc1C. The number of hydrogen-bond donors (Lipinski definition) is 0. The average molecular weight is 468 g/mol. The maximum Gasteiger partial charge on any atom is 0.449 e. The third-order valence-electron chi connectivity index (χ3n) is 5.93. The number of alkyl halides is 3. The van der Waals surface area contributed by atoms with E-state index in [0.717, 1.165) is 5.56 Å². The van der Waals surface area contributed by atoms with E-state index in [0.29, 0.717) is 29.6 Å². The zero-order valence-corrected chi connectivity index (χ0v) is 18.6. The molecule has 1 aliphatic heterocycles. The first-order valence-corrected chi connectivity index (χ1v) is 11.7. The van der Waals surface area contributed by atoms with E-state index < -0.39 is 22.0 Å². The molecular weight excluding hydrogens is 443 g/mol. The van der Waals surface area contributed by atoms with Gasteiger partial charge in [0.25, 0.3) is 0 Å². The Morgan fingerprint density at radius 3 is 2.44 bits per heavy atom. The standard InChI is InChI=1S/C22H24F3N3O3S/c1-15-13-17(7-8-20(15)31-2)32(29,30)27-11-9-16(10-12-27)14-28-19-6-4-3-5-18(19)26-21(28)22(23,24)25/h3-8,13,16H,9-12,14H2,1-2H3. The smallest absolute Gasteiger partial charge is 0.449 e. The topological polar surface area (TPSA) is 64.4 Å². The predicted octanol–water partition coefficient (Wildman–Crippen LogP) is 4.47. The van der Waals surface area contributed by atoms with Gasteiger partial charge in [-0.3, -0.25) is 0 Å². The lowest BCUT2D eigenvalue weighted by atomic mass is 9.98. The van der Waals surface area contributed by atoms with E-state index in [2.05, 4.69) is 4.98 Å². The first-order valence-electron chi connectivity index (χ1n) is 10.3. The van der Waals surface area contributed by atoms with Crippen LogP contribution in [0, 0.1) is 12.8 Å². The Morgan fingerprint density at radius 2 is 1.81 bits per heavy atom. The monoisotopic (exact) mass is 467 g/mol. The summed E-state index contributed by atoms with van der Waals surface area (Å²) in [4.78, 5) is 3.98. The summed E-state index contributed by atoms with van der Waals surface area (Å²) in [5, 5.41) is 0. The summed E-state index contributed by atoms with van der Waals surface area (Å²) in [5.41, 5.74) is 1.45. The van der Waals surface area contributed by atoms with E-state index in [1.54, 1.807) is 43.3 Å². The molecule has 0 N–H and O–H groups in total. The van der Waals surface area contributed by atoms with Gasteiger partial charge in [-0.15, -0.1) is 0 Å². The molecule has 10 heteroatoms. The van der Waals surface area contributed by atoms with E-state index in [1.807, 2.05) is 0 Å². The van der Waals surface area contributed by atoms with Crippen LogP contribution in [0.3, 0.4) is 0 Å². The molecule has 6 nitrogen and oxygen atoms in total. The van der Waals surface area contributed by atoms with Crippen molar-refractivity contribution in [2.75, 3.05) is 20.2 Å². The summed E-state index contributed by atoms with van der Waals surface area (Å²) in [6.07, 6.45) is -3.62. The number of rotatable bonds is 5. The van der Waals surface area contributed by atoms with Crippen LogP contribution in [-0.2, 0) is 22.7 Å². The number of sulfonamides is 1. The molecule has 0 saturated carbocycles. The number of aryl methyl sites for hydroxylation is 1. The molecule has 3 aromatic rings. The fourth-order valence-corrected chi connectivity index (χ4v) is 5.78. The summed E-state index contributed by atoms with van der Waals surface area (Å²) in [5.74, 6) is -0.393. The highest BCUT2D eigenvalue weighted by Gasteiger charge is 2.38. The van der Waals surface area contributed by atoms with E-state index in [4.69, 9.17) is 4.74 Å². The number of nitrogens with zero attached hydrogens (tertiary/aromatic N) is 3. The van der Waals surface area contributed by atoms with Crippen molar-refractivity contribution in [2.45, 2.75) is 37.4 Å². The lowest BCUT2D eigenvalue weighted by Gasteiger charge is -2.32. The Labute approximate surface area is 184 Å². The Kier molecular flexibility index (Phi) is 5.93. The largest absolute Gasteiger partial charge is 0.496 e. The Morgan fingerprint density at radius 1 is 1.12 bits per heavy atom. The van der Waals surface area contributed by atoms with Crippen LogP contribution in [0.5, 0.6) is 5.75 Å². The molecule has 0 amide bonds. The zero-order valence-electron chi connectivity index (χ0n) is 17.8. The van der Waals surface area contributed by atoms with Crippen molar-refractivity contribution in [3.63, 3.8) is 0 Å². The number of hydrogen-bond acceptors (Lipinski definition) is 4. The van der Waals surface area contributed by atoms with E-state index in [-0.39, 0.29) is 30.4 Å². The van der Waals surface area contributed by atoms with Gasteiger partial charge in [-0.1, -0.05) is 12.1 Å². The van der Waals surface area contributed by atoms with Crippen molar-refractivity contribution in [2.24, 2.45) is 5.92 Å². The van der Waals surface area contributed by atoms with Crippen molar-refractivity contribution in [1.82, 2.24) is 13.9 Å². The molecule has 0 atom stereocenters. The number of para-hydroxylation sites is 2. The number of ether oxygens (including phenoxy) is 1. The highest BCUT2D eigenvalue weighted by molar-refractivity contribution is 7.89. The number of halogens is 3. The van der Waals surface area contributed by atoms with Gasteiger partial charge in [-0.05, 0) is 61.6 Å². The van der Waals surface area contributed by atoms with Crippen LogP contribution in [0.25, 0.3) is 11.0 Å². The first-order chi connectivity index (χ1) is 15.1. The van der Waals surface area contributed by atoms with Crippen molar-refractivity contribution in [1.29, 1.82) is 0 Å². The Balaban J connectivity index is 1.51. The molecule has 1 fully saturated rings. The van der Waals surface area contributed by atoms with E-state index in [9.17, 15) is 21.6 Å². The minimum absolute atomic E-state index is 0.0854. The summed E-state index contributed by atoms with van der Waals surface area (Å²) >= 11 is 0. The Hall–Kier alpha value is -2.59. The fourth-order valence-electron chi connectivity index (χ4n) is 4.23.